The highest BCUT2D eigenvalue weighted by Gasteiger charge is 2.20. The number of nitrogen functional groups attached to an aromatic ring is 1. The average Bonchev–Trinajstić information content (AvgIpc) is 3.37. The molecule has 0 saturated carbocycles. The van der Waals surface area contributed by atoms with Gasteiger partial charge in [0.05, 0.1) is 18.8 Å². The van der Waals surface area contributed by atoms with Crippen molar-refractivity contribution in [1.82, 2.24) is 30.1 Å². The number of hydrogen-bond acceptors (Lipinski definition) is 8. The lowest BCUT2D eigenvalue weighted by Gasteiger charge is -2.26. The van der Waals surface area contributed by atoms with Crippen LogP contribution in [0.15, 0.2) is 48.7 Å². The molecular weight excluding hydrogens is 468 g/mol. The molecule has 4 aromatic rings. The Hall–Kier alpha value is -3.96. The number of tetrazole rings is 1. The Morgan fingerprint density at radius 1 is 1.06 bits per heavy atom. The Morgan fingerprint density at radius 2 is 1.83 bits per heavy atom. The van der Waals surface area contributed by atoms with Crippen LogP contribution in [-0.4, -0.2) is 69.5 Å². The number of nitrogens with zero attached hydrogens (tertiary/aromatic N) is 6. The van der Waals surface area contributed by atoms with Crippen LogP contribution in [0.4, 0.5) is 14.6 Å². The van der Waals surface area contributed by atoms with E-state index in [1.807, 2.05) is 0 Å². The van der Waals surface area contributed by atoms with Gasteiger partial charge in [-0.25, -0.2) is 13.8 Å². The summed E-state index contributed by atoms with van der Waals surface area (Å²) in [5.74, 6) is 0.0123. The first-order valence-corrected chi connectivity index (χ1v) is 11.5. The molecular formula is C25H25F2N7O2. The summed E-state index contributed by atoms with van der Waals surface area (Å²) in [5.41, 5.74) is 8.49. The Kier molecular flexibility index (Phi) is 6.83. The van der Waals surface area contributed by atoms with Crippen LogP contribution in [0, 0.1) is 18.6 Å². The topological polar surface area (TPSA) is 104 Å². The van der Waals surface area contributed by atoms with Crippen LogP contribution in [0.5, 0.6) is 5.75 Å². The summed E-state index contributed by atoms with van der Waals surface area (Å²) in [7, 11) is 0. The maximum Gasteiger partial charge on any atom is 0.190 e. The number of halogens is 2. The van der Waals surface area contributed by atoms with Crippen LogP contribution in [-0.2, 0) is 4.74 Å². The van der Waals surface area contributed by atoms with Gasteiger partial charge in [-0.2, -0.15) is 4.68 Å². The minimum Gasteiger partial charge on any atom is -0.492 e. The third-order valence-corrected chi connectivity index (χ3v) is 6.12. The Morgan fingerprint density at radius 3 is 2.61 bits per heavy atom. The summed E-state index contributed by atoms with van der Waals surface area (Å²) < 4.78 is 41.3. The van der Waals surface area contributed by atoms with Crippen molar-refractivity contribution in [2.24, 2.45) is 0 Å². The molecule has 2 aromatic heterocycles. The molecule has 1 fully saturated rings. The smallest absolute Gasteiger partial charge is 0.190 e. The van der Waals surface area contributed by atoms with E-state index in [0.29, 0.717) is 42.3 Å². The van der Waals surface area contributed by atoms with Gasteiger partial charge in [-0.1, -0.05) is 12.1 Å². The number of aromatic nitrogens is 5. The first-order chi connectivity index (χ1) is 17.5. The summed E-state index contributed by atoms with van der Waals surface area (Å²) in [6, 6.07) is 11.0. The van der Waals surface area contributed by atoms with Gasteiger partial charge in [0.2, 0.25) is 0 Å². The lowest BCUT2D eigenvalue weighted by molar-refractivity contribution is 0.0322. The van der Waals surface area contributed by atoms with E-state index in [4.69, 9.17) is 15.2 Å². The van der Waals surface area contributed by atoms with Crippen molar-refractivity contribution in [3.63, 3.8) is 0 Å². The lowest BCUT2D eigenvalue weighted by atomic mass is 10.1. The van der Waals surface area contributed by atoms with E-state index in [9.17, 15) is 4.39 Å². The fraction of sp³-hybridized carbons (Fsp3) is 0.280. The van der Waals surface area contributed by atoms with Crippen molar-refractivity contribution in [3.8, 4) is 34.0 Å². The summed E-state index contributed by atoms with van der Waals surface area (Å²) in [4.78, 5) is 6.49. The van der Waals surface area contributed by atoms with E-state index < -0.39 is 5.82 Å². The number of rotatable bonds is 7. The molecule has 0 unspecified atom stereocenters. The monoisotopic (exact) mass is 493 g/mol. The maximum absolute atomic E-state index is 15.5. The van der Waals surface area contributed by atoms with Crippen molar-refractivity contribution in [1.29, 1.82) is 0 Å². The molecule has 36 heavy (non-hydrogen) atoms. The quantitative estimate of drug-likeness (QED) is 0.418. The molecule has 0 bridgehead atoms. The van der Waals surface area contributed by atoms with E-state index in [1.54, 1.807) is 43.5 Å². The molecule has 0 aliphatic carbocycles. The maximum atomic E-state index is 15.5. The molecule has 1 aliphatic heterocycles. The number of anilines is 1. The second-order valence-electron chi connectivity index (χ2n) is 8.40. The number of morpholine rings is 1. The lowest BCUT2D eigenvalue weighted by Crippen LogP contribution is -2.38. The molecule has 5 rings (SSSR count). The van der Waals surface area contributed by atoms with Gasteiger partial charge in [0.15, 0.2) is 11.6 Å². The van der Waals surface area contributed by atoms with Crippen molar-refractivity contribution >= 4 is 5.82 Å². The molecule has 1 saturated heterocycles. The third-order valence-electron chi connectivity index (χ3n) is 6.12. The molecule has 11 heteroatoms. The molecule has 0 amide bonds. The molecule has 186 valence electrons. The zero-order valence-electron chi connectivity index (χ0n) is 19.7. The van der Waals surface area contributed by atoms with Gasteiger partial charge in [-0.15, -0.1) is 5.10 Å². The molecule has 0 atom stereocenters. The summed E-state index contributed by atoms with van der Waals surface area (Å²) in [6.07, 6.45) is 1.58. The van der Waals surface area contributed by atoms with Gasteiger partial charge in [0, 0.05) is 37.0 Å². The molecule has 0 radical (unpaired) electrons. The average molecular weight is 494 g/mol. The Bertz CT molecular complexity index is 1360. The summed E-state index contributed by atoms with van der Waals surface area (Å²) >= 11 is 0. The Balaban J connectivity index is 1.41. The molecule has 0 spiro atoms. The van der Waals surface area contributed by atoms with E-state index in [0.717, 1.165) is 25.2 Å². The molecule has 1 aliphatic rings. The van der Waals surface area contributed by atoms with Crippen LogP contribution >= 0.6 is 0 Å². The number of ether oxygens (including phenoxy) is 2. The first-order valence-electron chi connectivity index (χ1n) is 11.5. The molecule has 9 nitrogen and oxygen atoms in total. The van der Waals surface area contributed by atoms with E-state index in [-0.39, 0.29) is 23.1 Å². The van der Waals surface area contributed by atoms with Crippen molar-refractivity contribution in [2.45, 2.75) is 6.92 Å². The van der Waals surface area contributed by atoms with E-state index >= 15 is 4.39 Å². The second-order valence-corrected chi connectivity index (χ2v) is 8.40. The third kappa shape index (κ3) is 4.88. The number of nitrogens with two attached hydrogens (primary N) is 1. The normalized spacial score (nSPS) is 14.2. The van der Waals surface area contributed by atoms with Gasteiger partial charge in [-0.05, 0) is 53.2 Å². The zero-order valence-corrected chi connectivity index (χ0v) is 19.7. The van der Waals surface area contributed by atoms with Gasteiger partial charge < -0.3 is 15.2 Å². The van der Waals surface area contributed by atoms with E-state index in [1.165, 1.54) is 16.8 Å². The largest absolute Gasteiger partial charge is 0.492 e. The van der Waals surface area contributed by atoms with Crippen LogP contribution < -0.4 is 10.5 Å². The standard InChI is InChI=1S/C25H25F2N7O2/c1-16-22(36-13-10-33-8-11-35-12-9-33)7-6-21(23(16)27)34-25(30-31-32-34)20-14-18(15-29-24(20)28)17-2-4-19(26)5-3-17/h2-7,14-15H,8-13H2,1H3,(H2,28,29). The van der Waals surface area contributed by atoms with Crippen LogP contribution in [0.1, 0.15) is 5.56 Å². The SMILES string of the molecule is Cc1c(OCCN2CCOCC2)ccc(-n2nnnc2-c2cc(-c3ccc(F)cc3)cnc2N)c1F. The zero-order chi connectivity index (χ0) is 25.1. The highest BCUT2D eigenvalue weighted by Crippen LogP contribution is 2.32. The highest BCUT2D eigenvalue weighted by atomic mass is 19.1. The minimum atomic E-state index is -0.506. The summed E-state index contributed by atoms with van der Waals surface area (Å²) in [6.45, 7) is 5.97. The van der Waals surface area contributed by atoms with Crippen molar-refractivity contribution < 1.29 is 18.3 Å². The van der Waals surface area contributed by atoms with E-state index in [2.05, 4.69) is 25.4 Å². The van der Waals surface area contributed by atoms with Crippen molar-refractivity contribution in [2.75, 3.05) is 45.2 Å². The second kappa shape index (κ2) is 10.3. The van der Waals surface area contributed by atoms with Crippen LogP contribution in [0.3, 0.4) is 0 Å². The van der Waals surface area contributed by atoms with Crippen LogP contribution in [0.2, 0.25) is 0 Å². The molecule has 2 N–H and O–H groups in total. The van der Waals surface area contributed by atoms with Gasteiger partial charge in [0.25, 0.3) is 0 Å². The van der Waals surface area contributed by atoms with Gasteiger partial charge in [0.1, 0.15) is 29.7 Å². The number of benzene rings is 2. The Labute approximate surface area is 206 Å². The fourth-order valence-corrected chi connectivity index (χ4v) is 4.05. The first kappa shape index (κ1) is 23.8. The number of hydrogen-bond donors (Lipinski definition) is 1. The molecule has 2 aromatic carbocycles. The van der Waals surface area contributed by atoms with Gasteiger partial charge >= 0.3 is 0 Å². The van der Waals surface area contributed by atoms with Gasteiger partial charge in [-0.3, -0.25) is 4.90 Å². The highest BCUT2D eigenvalue weighted by molar-refractivity contribution is 5.76. The van der Waals surface area contributed by atoms with Crippen LogP contribution in [0.25, 0.3) is 28.2 Å². The van der Waals surface area contributed by atoms with Crippen molar-refractivity contribution in [3.05, 3.63) is 65.9 Å². The summed E-state index contributed by atoms with van der Waals surface area (Å²) in [5, 5.41) is 11.8. The molecule has 3 heterocycles. The predicted molar refractivity (Wildman–Crippen MR) is 130 cm³/mol. The minimum absolute atomic E-state index is 0.152. The predicted octanol–water partition coefficient (Wildman–Crippen LogP) is 3.27. The fourth-order valence-electron chi connectivity index (χ4n) is 4.05. The number of pyridine rings is 1.